The lowest BCUT2D eigenvalue weighted by Gasteiger charge is -2.16. The van der Waals surface area contributed by atoms with E-state index in [0.717, 1.165) is 16.8 Å². The zero-order valence-electron chi connectivity index (χ0n) is 9.09. The number of aromatic nitrogens is 2. The zero-order chi connectivity index (χ0) is 12.6. The van der Waals surface area contributed by atoms with Crippen molar-refractivity contribution in [3.8, 4) is 0 Å². The lowest BCUT2D eigenvalue weighted by Crippen LogP contribution is -2.37. The number of nitrogens with zero attached hydrogens (tertiary/aromatic N) is 1. The van der Waals surface area contributed by atoms with Crippen molar-refractivity contribution in [2.24, 2.45) is 0 Å². The van der Waals surface area contributed by atoms with Crippen molar-refractivity contribution in [2.45, 2.75) is 24.5 Å². The second-order valence-electron chi connectivity index (χ2n) is 3.75. The van der Waals surface area contributed by atoms with Crippen LogP contribution < -0.4 is 11.2 Å². The van der Waals surface area contributed by atoms with E-state index in [4.69, 9.17) is 9.84 Å². The standard InChI is InChI=1S/C9H12N2O6.ClH/c12-3-4-6(14)7(15)8(17-4)11-2-1-5(13)10-9(11)16;/h1-2,4,6-8,12,14-15H,3H2,(H,10,13,16);1H/t4-,6-,7-,8-;/m1./s1. The molecule has 18 heavy (non-hydrogen) atoms. The third kappa shape index (κ3) is 2.47. The average molecular weight is 281 g/mol. The Hall–Kier alpha value is -1.19. The predicted octanol–water partition coefficient (Wildman–Crippen LogP) is -2.43. The molecule has 0 aliphatic carbocycles. The monoisotopic (exact) mass is 280 g/mol. The van der Waals surface area contributed by atoms with Crippen molar-refractivity contribution in [3.05, 3.63) is 33.1 Å². The van der Waals surface area contributed by atoms with Crippen LogP contribution in [0, 0.1) is 0 Å². The van der Waals surface area contributed by atoms with Gasteiger partial charge >= 0.3 is 5.69 Å². The number of H-pyrrole nitrogens is 1. The first-order valence-electron chi connectivity index (χ1n) is 4.98. The van der Waals surface area contributed by atoms with Gasteiger partial charge in [0.25, 0.3) is 5.56 Å². The normalized spacial score (nSPS) is 31.1. The minimum Gasteiger partial charge on any atom is -0.394 e. The fraction of sp³-hybridized carbons (Fsp3) is 0.556. The molecule has 1 saturated heterocycles. The van der Waals surface area contributed by atoms with Gasteiger partial charge in [-0.1, -0.05) is 0 Å². The summed E-state index contributed by atoms with van der Waals surface area (Å²) in [5, 5.41) is 28.1. The zero-order valence-corrected chi connectivity index (χ0v) is 9.91. The van der Waals surface area contributed by atoms with Crippen molar-refractivity contribution in [2.75, 3.05) is 6.61 Å². The maximum absolute atomic E-state index is 11.4. The average Bonchev–Trinajstić information content (AvgIpc) is 2.57. The summed E-state index contributed by atoms with van der Waals surface area (Å²) < 4.78 is 6.08. The number of aliphatic hydroxyl groups is 3. The molecule has 0 aromatic carbocycles. The Kier molecular flexibility index (Phi) is 4.65. The van der Waals surface area contributed by atoms with E-state index in [1.807, 2.05) is 4.98 Å². The van der Waals surface area contributed by atoms with Gasteiger partial charge in [0.15, 0.2) is 6.23 Å². The topological polar surface area (TPSA) is 125 Å². The Morgan fingerprint density at radius 2 is 2.00 bits per heavy atom. The molecular weight excluding hydrogens is 268 g/mol. The highest BCUT2D eigenvalue weighted by molar-refractivity contribution is 5.85. The summed E-state index contributed by atoms with van der Waals surface area (Å²) in [5.74, 6) is 0. The molecule has 4 atom stereocenters. The first-order chi connectivity index (χ1) is 8.04. The SMILES string of the molecule is Cl.O=c1ccn([C@@H]2O[C@H](CO)[C@@H](O)[C@H]2O)c(=O)[nH]1. The van der Waals surface area contributed by atoms with Gasteiger partial charge in [0.1, 0.15) is 18.3 Å². The van der Waals surface area contributed by atoms with Crippen LogP contribution >= 0.6 is 12.4 Å². The molecule has 4 N–H and O–H groups in total. The van der Waals surface area contributed by atoms with E-state index in [-0.39, 0.29) is 12.4 Å². The van der Waals surface area contributed by atoms with E-state index < -0.39 is 42.4 Å². The van der Waals surface area contributed by atoms with Gasteiger partial charge in [-0.2, -0.15) is 0 Å². The highest BCUT2D eigenvalue weighted by Crippen LogP contribution is 2.27. The van der Waals surface area contributed by atoms with Gasteiger partial charge in [-0.05, 0) is 0 Å². The Balaban J connectivity index is 0.00000162. The number of aliphatic hydroxyl groups excluding tert-OH is 3. The molecule has 9 heteroatoms. The van der Waals surface area contributed by atoms with E-state index in [0.29, 0.717) is 0 Å². The van der Waals surface area contributed by atoms with Crippen molar-refractivity contribution in [1.29, 1.82) is 0 Å². The number of ether oxygens (including phenoxy) is 1. The molecule has 0 unspecified atom stereocenters. The lowest BCUT2D eigenvalue weighted by atomic mass is 10.1. The first kappa shape index (κ1) is 14.9. The molecule has 102 valence electrons. The van der Waals surface area contributed by atoms with Crippen molar-refractivity contribution < 1.29 is 20.1 Å². The Morgan fingerprint density at radius 3 is 2.50 bits per heavy atom. The van der Waals surface area contributed by atoms with Crippen molar-refractivity contribution in [3.63, 3.8) is 0 Å². The molecule has 2 heterocycles. The van der Waals surface area contributed by atoms with E-state index in [1.54, 1.807) is 0 Å². The highest BCUT2D eigenvalue weighted by atomic mass is 35.5. The van der Waals surface area contributed by atoms with Gasteiger partial charge in [-0.3, -0.25) is 14.3 Å². The fourth-order valence-electron chi connectivity index (χ4n) is 1.74. The number of rotatable bonds is 2. The molecular formula is C9H13ClN2O6. The van der Waals surface area contributed by atoms with Crippen molar-refractivity contribution >= 4 is 12.4 Å². The minimum absolute atomic E-state index is 0. The van der Waals surface area contributed by atoms with Crippen LogP contribution in [0.5, 0.6) is 0 Å². The summed E-state index contributed by atoms with van der Waals surface area (Å²) in [7, 11) is 0. The van der Waals surface area contributed by atoms with Crippen molar-refractivity contribution in [1.82, 2.24) is 9.55 Å². The molecule has 1 aliphatic heterocycles. The van der Waals surface area contributed by atoms with Gasteiger partial charge in [0.05, 0.1) is 6.61 Å². The molecule has 0 amide bonds. The molecule has 8 nitrogen and oxygen atoms in total. The van der Waals surface area contributed by atoms with Crippen LogP contribution in [0.3, 0.4) is 0 Å². The Bertz CT molecular complexity index is 514. The van der Waals surface area contributed by atoms with Crippen LogP contribution in [0.25, 0.3) is 0 Å². The number of nitrogens with one attached hydrogen (secondary N) is 1. The van der Waals surface area contributed by atoms with E-state index in [9.17, 15) is 19.8 Å². The predicted molar refractivity (Wildman–Crippen MR) is 61.6 cm³/mol. The summed E-state index contributed by atoms with van der Waals surface area (Å²) in [6.45, 7) is -0.479. The van der Waals surface area contributed by atoms with E-state index >= 15 is 0 Å². The summed E-state index contributed by atoms with van der Waals surface area (Å²) in [6.07, 6.45) is -3.58. The summed E-state index contributed by atoms with van der Waals surface area (Å²) in [6, 6.07) is 1.09. The number of halogens is 1. The molecule has 1 aromatic rings. The molecule has 0 spiro atoms. The van der Waals surface area contributed by atoms with Gasteiger partial charge in [0, 0.05) is 12.3 Å². The molecule has 1 aromatic heterocycles. The highest BCUT2D eigenvalue weighted by Gasteiger charge is 2.43. The molecule has 0 saturated carbocycles. The number of hydrogen-bond donors (Lipinski definition) is 4. The third-order valence-corrected chi connectivity index (χ3v) is 2.64. The summed E-state index contributed by atoms with van der Waals surface area (Å²) >= 11 is 0. The van der Waals surface area contributed by atoms with Gasteiger partial charge < -0.3 is 20.1 Å². The van der Waals surface area contributed by atoms with Crippen LogP contribution in [0.2, 0.25) is 0 Å². The largest absolute Gasteiger partial charge is 0.394 e. The van der Waals surface area contributed by atoms with Crippen LogP contribution in [0.4, 0.5) is 0 Å². The van der Waals surface area contributed by atoms with Gasteiger partial charge in [-0.15, -0.1) is 12.4 Å². The number of hydrogen-bond acceptors (Lipinski definition) is 6. The van der Waals surface area contributed by atoms with Crippen LogP contribution in [-0.2, 0) is 4.74 Å². The molecule has 1 fully saturated rings. The van der Waals surface area contributed by atoms with Crippen LogP contribution in [-0.4, -0.2) is 49.8 Å². The third-order valence-electron chi connectivity index (χ3n) is 2.64. The first-order valence-corrected chi connectivity index (χ1v) is 4.98. The Labute approximate surface area is 107 Å². The van der Waals surface area contributed by atoms with Gasteiger partial charge in [0.2, 0.25) is 0 Å². The second-order valence-corrected chi connectivity index (χ2v) is 3.75. The number of aromatic amines is 1. The summed E-state index contributed by atoms with van der Waals surface area (Å²) in [5.41, 5.74) is -1.33. The second kappa shape index (κ2) is 5.63. The lowest BCUT2D eigenvalue weighted by molar-refractivity contribution is -0.0550. The molecule has 2 rings (SSSR count). The van der Waals surface area contributed by atoms with Gasteiger partial charge in [-0.25, -0.2) is 4.79 Å². The Morgan fingerprint density at radius 1 is 1.33 bits per heavy atom. The van der Waals surface area contributed by atoms with Crippen LogP contribution in [0.15, 0.2) is 21.9 Å². The fourth-order valence-corrected chi connectivity index (χ4v) is 1.74. The van der Waals surface area contributed by atoms with E-state index in [2.05, 4.69) is 0 Å². The molecule has 0 bridgehead atoms. The maximum atomic E-state index is 11.4. The van der Waals surface area contributed by atoms with Crippen LogP contribution in [0.1, 0.15) is 6.23 Å². The maximum Gasteiger partial charge on any atom is 0.330 e. The van der Waals surface area contributed by atoms with E-state index in [1.165, 1.54) is 0 Å². The minimum atomic E-state index is -1.35. The molecule has 0 radical (unpaired) electrons. The summed E-state index contributed by atoms with van der Waals surface area (Å²) in [4.78, 5) is 24.3. The quantitative estimate of drug-likeness (QED) is 0.477. The molecule has 1 aliphatic rings. The smallest absolute Gasteiger partial charge is 0.330 e.